The van der Waals surface area contributed by atoms with Crippen LogP contribution in [-0.4, -0.2) is 23.1 Å². The molecule has 25 heavy (non-hydrogen) atoms. The number of fused-ring (bicyclic) bond motifs is 1. The monoisotopic (exact) mass is 350 g/mol. The number of carboxylic acid groups (broad SMARTS) is 1. The van der Waals surface area contributed by atoms with Gasteiger partial charge in [-0.3, -0.25) is 4.79 Å². The Labute approximate surface area is 152 Å². The maximum absolute atomic E-state index is 11.2. The molecule has 142 valence electrons. The Morgan fingerprint density at radius 1 is 1.20 bits per heavy atom. The average Bonchev–Trinajstić information content (AvgIpc) is 2.44. The van der Waals surface area contributed by atoms with Gasteiger partial charge in [-0.2, -0.15) is 0 Å². The largest absolute Gasteiger partial charge is 0.478 e. The minimum absolute atomic E-state index is 0.126. The number of aliphatic carboxylic acids is 1. The van der Waals surface area contributed by atoms with E-state index in [0.717, 1.165) is 37.7 Å². The summed E-state index contributed by atoms with van der Waals surface area (Å²) < 4.78 is 5.66. The van der Waals surface area contributed by atoms with Crippen molar-refractivity contribution in [3.63, 3.8) is 0 Å². The molecule has 0 radical (unpaired) electrons. The van der Waals surface area contributed by atoms with Crippen LogP contribution in [0, 0.1) is 22.7 Å². The SMILES string of the molecule is C/C(=C\C(=O)O)CC[C@@H]1[C@@]2(C)CCCC(C)(C)[C@@H]2CC[C@@]1(C)OC=O. The summed E-state index contributed by atoms with van der Waals surface area (Å²) >= 11 is 0. The molecule has 0 aromatic carbocycles. The van der Waals surface area contributed by atoms with Gasteiger partial charge in [0.25, 0.3) is 6.47 Å². The van der Waals surface area contributed by atoms with Gasteiger partial charge in [-0.15, -0.1) is 0 Å². The molecular weight excluding hydrogens is 316 g/mol. The van der Waals surface area contributed by atoms with Crippen molar-refractivity contribution in [1.82, 2.24) is 0 Å². The first-order chi connectivity index (χ1) is 11.5. The number of hydrogen-bond donors (Lipinski definition) is 1. The maximum atomic E-state index is 11.2. The highest BCUT2D eigenvalue weighted by atomic mass is 16.5. The lowest BCUT2D eigenvalue weighted by Crippen LogP contribution is -2.58. The Balaban J connectivity index is 2.32. The van der Waals surface area contributed by atoms with Crippen LogP contribution in [0.2, 0.25) is 0 Å². The number of rotatable bonds is 6. The highest BCUT2D eigenvalue weighted by Gasteiger charge is 2.58. The molecule has 2 aliphatic rings. The summed E-state index contributed by atoms with van der Waals surface area (Å²) in [7, 11) is 0. The molecule has 4 heteroatoms. The zero-order chi connectivity index (χ0) is 18.9. The third-order valence-corrected chi connectivity index (χ3v) is 7.25. The Morgan fingerprint density at radius 3 is 2.48 bits per heavy atom. The Hall–Kier alpha value is -1.32. The molecule has 0 aromatic heterocycles. The van der Waals surface area contributed by atoms with Crippen LogP contribution in [0.3, 0.4) is 0 Å². The summed E-state index contributed by atoms with van der Waals surface area (Å²) in [6.45, 7) is 11.7. The number of carbonyl (C=O) groups is 2. The molecule has 0 heterocycles. The van der Waals surface area contributed by atoms with Crippen molar-refractivity contribution in [2.75, 3.05) is 0 Å². The predicted octanol–water partition coefficient (Wildman–Crippen LogP) is 4.97. The normalized spacial score (nSPS) is 37.9. The Bertz CT molecular complexity index is 550. The van der Waals surface area contributed by atoms with Gasteiger partial charge in [-0.25, -0.2) is 4.79 Å². The van der Waals surface area contributed by atoms with Gasteiger partial charge in [0.1, 0.15) is 5.60 Å². The Morgan fingerprint density at radius 2 is 1.88 bits per heavy atom. The molecule has 2 fully saturated rings. The molecule has 2 rings (SSSR count). The first-order valence-corrected chi connectivity index (χ1v) is 9.57. The number of carboxylic acids is 1. The zero-order valence-corrected chi connectivity index (χ0v) is 16.4. The minimum atomic E-state index is -0.893. The van der Waals surface area contributed by atoms with E-state index in [9.17, 15) is 9.59 Å². The fourth-order valence-electron chi connectivity index (χ4n) is 6.15. The van der Waals surface area contributed by atoms with Crippen LogP contribution in [0.5, 0.6) is 0 Å². The molecule has 4 nitrogen and oxygen atoms in total. The molecule has 0 bridgehead atoms. The van der Waals surface area contributed by atoms with Gasteiger partial charge >= 0.3 is 5.97 Å². The molecular formula is C21H34O4. The summed E-state index contributed by atoms with van der Waals surface area (Å²) in [6.07, 6.45) is 8.49. The number of carbonyl (C=O) groups excluding carboxylic acids is 1. The van der Waals surface area contributed by atoms with Crippen LogP contribution in [0.25, 0.3) is 0 Å². The molecule has 2 aliphatic carbocycles. The van der Waals surface area contributed by atoms with Crippen molar-refractivity contribution < 1.29 is 19.4 Å². The molecule has 0 aromatic rings. The van der Waals surface area contributed by atoms with Crippen LogP contribution in [-0.2, 0) is 14.3 Å². The summed E-state index contributed by atoms with van der Waals surface area (Å²) in [5, 5.41) is 8.97. The third kappa shape index (κ3) is 3.93. The van der Waals surface area contributed by atoms with E-state index in [1.54, 1.807) is 0 Å². The maximum Gasteiger partial charge on any atom is 0.328 e. The van der Waals surface area contributed by atoms with E-state index in [1.165, 1.54) is 18.9 Å². The summed E-state index contributed by atoms with van der Waals surface area (Å²) in [6, 6.07) is 0. The summed E-state index contributed by atoms with van der Waals surface area (Å²) in [5.41, 5.74) is 0.854. The fraction of sp³-hybridized carbons (Fsp3) is 0.810. The molecule has 0 aliphatic heterocycles. The van der Waals surface area contributed by atoms with Crippen molar-refractivity contribution >= 4 is 12.4 Å². The van der Waals surface area contributed by atoms with E-state index in [4.69, 9.17) is 9.84 Å². The molecule has 0 amide bonds. The van der Waals surface area contributed by atoms with Crippen molar-refractivity contribution in [3.05, 3.63) is 11.6 Å². The molecule has 4 atom stereocenters. The first kappa shape index (κ1) is 20.0. The molecule has 0 spiro atoms. The van der Waals surface area contributed by atoms with Crippen molar-refractivity contribution in [3.8, 4) is 0 Å². The van der Waals surface area contributed by atoms with Gasteiger partial charge in [-0.1, -0.05) is 32.8 Å². The van der Waals surface area contributed by atoms with Gasteiger partial charge in [0.2, 0.25) is 0 Å². The Kier molecular flexibility index (Phi) is 5.70. The second-order valence-electron chi connectivity index (χ2n) is 9.39. The van der Waals surface area contributed by atoms with E-state index < -0.39 is 11.6 Å². The van der Waals surface area contributed by atoms with E-state index >= 15 is 0 Å². The van der Waals surface area contributed by atoms with Crippen LogP contribution < -0.4 is 0 Å². The predicted molar refractivity (Wildman–Crippen MR) is 98.1 cm³/mol. The smallest absolute Gasteiger partial charge is 0.328 e. The van der Waals surface area contributed by atoms with E-state index in [2.05, 4.69) is 27.7 Å². The van der Waals surface area contributed by atoms with Crippen molar-refractivity contribution in [1.29, 1.82) is 0 Å². The summed E-state index contributed by atoms with van der Waals surface area (Å²) in [5.74, 6) is -0.0255. The molecule has 0 unspecified atom stereocenters. The van der Waals surface area contributed by atoms with Crippen molar-refractivity contribution in [2.24, 2.45) is 22.7 Å². The van der Waals surface area contributed by atoms with Crippen LogP contribution in [0.1, 0.15) is 79.6 Å². The van der Waals surface area contributed by atoms with Crippen LogP contribution >= 0.6 is 0 Å². The van der Waals surface area contributed by atoms with E-state index in [0.29, 0.717) is 17.8 Å². The van der Waals surface area contributed by atoms with Crippen molar-refractivity contribution in [2.45, 2.75) is 85.2 Å². The van der Waals surface area contributed by atoms with Gasteiger partial charge in [0.15, 0.2) is 0 Å². The highest BCUT2D eigenvalue weighted by Crippen LogP contribution is 2.63. The number of allylic oxidation sites excluding steroid dienone is 1. The lowest BCUT2D eigenvalue weighted by molar-refractivity contribution is -0.190. The highest BCUT2D eigenvalue weighted by molar-refractivity contribution is 5.80. The van der Waals surface area contributed by atoms with Gasteiger partial charge in [0.05, 0.1) is 0 Å². The zero-order valence-electron chi connectivity index (χ0n) is 16.4. The number of ether oxygens (including phenoxy) is 1. The first-order valence-electron chi connectivity index (χ1n) is 9.57. The molecule has 1 N–H and O–H groups in total. The fourth-order valence-corrected chi connectivity index (χ4v) is 6.15. The van der Waals surface area contributed by atoms with Crippen LogP contribution in [0.15, 0.2) is 11.6 Å². The third-order valence-electron chi connectivity index (χ3n) is 7.25. The van der Waals surface area contributed by atoms with Gasteiger partial charge in [0, 0.05) is 12.0 Å². The van der Waals surface area contributed by atoms with Gasteiger partial charge < -0.3 is 9.84 Å². The molecule has 0 saturated heterocycles. The van der Waals surface area contributed by atoms with Crippen LogP contribution in [0.4, 0.5) is 0 Å². The molecule has 2 saturated carbocycles. The second kappa shape index (κ2) is 7.13. The lowest BCUT2D eigenvalue weighted by Gasteiger charge is -2.61. The quantitative estimate of drug-likeness (QED) is 0.542. The second-order valence-corrected chi connectivity index (χ2v) is 9.39. The standard InChI is InChI=1S/C21H34O4/c1-15(13-18(23)24)7-8-17-20(4)11-6-10-19(2,3)16(20)9-12-21(17,5)25-14-22/h13-14,16-17H,6-12H2,1-5H3,(H,23,24)/b15-13+/t16-,17+,20-,21+/m0/s1. The van der Waals surface area contributed by atoms with Gasteiger partial charge in [-0.05, 0) is 69.1 Å². The van der Waals surface area contributed by atoms with E-state index in [-0.39, 0.29) is 11.3 Å². The van der Waals surface area contributed by atoms with E-state index in [1.807, 2.05) is 6.92 Å². The number of hydrogen-bond acceptors (Lipinski definition) is 3. The minimum Gasteiger partial charge on any atom is -0.478 e. The average molecular weight is 350 g/mol. The lowest BCUT2D eigenvalue weighted by atomic mass is 9.45. The summed E-state index contributed by atoms with van der Waals surface area (Å²) in [4.78, 5) is 22.1. The topological polar surface area (TPSA) is 63.6 Å².